The van der Waals surface area contributed by atoms with Gasteiger partial charge in [-0.3, -0.25) is 0 Å². The molecule has 0 saturated heterocycles. The van der Waals surface area contributed by atoms with Crippen molar-refractivity contribution in [3.63, 3.8) is 0 Å². The average Bonchev–Trinajstić information content (AvgIpc) is 2.55. The van der Waals surface area contributed by atoms with E-state index in [0.717, 1.165) is 21.9 Å². The number of nitrogens with one attached hydrogen (secondary N) is 1. The molecule has 0 heterocycles. The summed E-state index contributed by atoms with van der Waals surface area (Å²) in [6.45, 7) is 1.79. The van der Waals surface area contributed by atoms with E-state index >= 15 is 0 Å². The van der Waals surface area contributed by atoms with E-state index in [1.165, 1.54) is 0 Å². The van der Waals surface area contributed by atoms with Crippen LogP contribution in [0.3, 0.4) is 0 Å². The van der Waals surface area contributed by atoms with Gasteiger partial charge in [0.15, 0.2) is 0 Å². The van der Waals surface area contributed by atoms with Crippen LogP contribution in [0, 0.1) is 0 Å². The fraction of sp³-hybridized carbons (Fsp3) is 0.235. The molecule has 0 aliphatic heterocycles. The zero-order valence-electron chi connectivity index (χ0n) is 12.3. The lowest BCUT2D eigenvalue weighted by Crippen LogP contribution is -2.25. The Bertz CT molecular complexity index is 616. The zero-order valence-corrected chi connectivity index (χ0v) is 13.9. The lowest BCUT2D eigenvalue weighted by molar-refractivity contribution is 0.204. The molecule has 0 amide bonds. The fourth-order valence-electron chi connectivity index (χ4n) is 1.84. The maximum atomic E-state index is 5.87. The molecule has 2 rings (SSSR count). The predicted octanol–water partition coefficient (Wildman–Crippen LogP) is 3.83. The van der Waals surface area contributed by atoms with Crippen molar-refractivity contribution in [1.82, 2.24) is 5.32 Å². The summed E-state index contributed by atoms with van der Waals surface area (Å²) >= 11 is 11.2. The minimum atomic E-state index is 0.491. The van der Waals surface area contributed by atoms with Gasteiger partial charge in [-0.05, 0) is 29.8 Å². The Kier molecular flexibility index (Phi) is 6.65. The summed E-state index contributed by atoms with van der Waals surface area (Å²) in [5.74, 6) is 0.781. The van der Waals surface area contributed by atoms with Gasteiger partial charge in [0.2, 0.25) is 0 Å². The first kappa shape index (κ1) is 16.7. The molecule has 0 aliphatic carbocycles. The molecule has 2 aromatic rings. The molecular formula is C17H18ClNO2S. The minimum Gasteiger partial charge on any atom is -0.489 e. The molecule has 22 heavy (non-hydrogen) atoms. The first-order valence-corrected chi connectivity index (χ1v) is 7.72. The van der Waals surface area contributed by atoms with Crippen molar-refractivity contribution in [1.29, 1.82) is 0 Å². The van der Waals surface area contributed by atoms with Crippen LogP contribution in [0.1, 0.15) is 11.1 Å². The van der Waals surface area contributed by atoms with Gasteiger partial charge < -0.3 is 14.8 Å². The Labute approximate surface area is 141 Å². The second-order valence-corrected chi connectivity index (χ2v) is 5.54. The SMILES string of the molecule is COCCNC(=S)c1cccc(OCc2ccc(Cl)cc2)c1. The molecule has 3 nitrogen and oxygen atoms in total. The Hall–Kier alpha value is -1.62. The van der Waals surface area contributed by atoms with Gasteiger partial charge in [0.1, 0.15) is 17.3 Å². The Balaban J connectivity index is 1.93. The van der Waals surface area contributed by atoms with E-state index in [9.17, 15) is 0 Å². The average molecular weight is 336 g/mol. The quantitative estimate of drug-likeness (QED) is 0.615. The predicted molar refractivity (Wildman–Crippen MR) is 93.8 cm³/mol. The van der Waals surface area contributed by atoms with E-state index in [4.69, 9.17) is 33.3 Å². The Morgan fingerprint density at radius 1 is 1.18 bits per heavy atom. The second kappa shape index (κ2) is 8.73. The van der Waals surface area contributed by atoms with Crippen molar-refractivity contribution in [3.8, 4) is 5.75 Å². The summed E-state index contributed by atoms with van der Waals surface area (Å²) < 4.78 is 10.8. The first-order chi connectivity index (χ1) is 10.7. The molecule has 5 heteroatoms. The third kappa shape index (κ3) is 5.30. The van der Waals surface area contributed by atoms with Crippen molar-refractivity contribution in [2.24, 2.45) is 0 Å². The van der Waals surface area contributed by atoms with Gasteiger partial charge in [-0.15, -0.1) is 0 Å². The maximum absolute atomic E-state index is 5.87. The van der Waals surface area contributed by atoms with Crippen LogP contribution in [-0.2, 0) is 11.3 Å². The molecule has 0 bridgehead atoms. The molecule has 0 aliphatic rings. The molecule has 0 saturated carbocycles. The summed E-state index contributed by atoms with van der Waals surface area (Å²) in [5.41, 5.74) is 2.00. The minimum absolute atomic E-state index is 0.491. The largest absolute Gasteiger partial charge is 0.489 e. The van der Waals surface area contributed by atoms with Crippen molar-refractivity contribution in [2.75, 3.05) is 20.3 Å². The molecule has 0 atom stereocenters. The maximum Gasteiger partial charge on any atom is 0.120 e. The standard InChI is InChI=1S/C17H18ClNO2S/c1-20-10-9-19-17(22)14-3-2-4-16(11-14)21-12-13-5-7-15(18)8-6-13/h2-8,11H,9-10,12H2,1H3,(H,19,22). The third-order valence-corrected chi connectivity index (χ3v) is 3.64. The highest BCUT2D eigenvalue weighted by Gasteiger charge is 2.03. The molecule has 0 fully saturated rings. The van der Waals surface area contributed by atoms with Gasteiger partial charge in [-0.25, -0.2) is 0 Å². The number of hydrogen-bond acceptors (Lipinski definition) is 3. The van der Waals surface area contributed by atoms with Crippen molar-refractivity contribution < 1.29 is 9.47 Å². The fourth-order valence-corrected chi connectivity index (χ4v) is 2.20. The van der Waals surface area contributed by atoms with Crippen LogP contribution in [0.5, 0.6) is 5.75 Å². The van der Waals surface area contributed by atoms with Crippen molar-refractivity contribution >= 4 is 28.8 Å². The van der Waals surface area contributed by atoms with Gasteiger partial charge in [0.05, 0.1) is 6.61 Å². The van der Waals surface area contributed by atoms with Crippen molar-refractivity contribution in [3.05, 3.63) is 64.7 Å². The van der Waals surface area contributed by atoms with Crippen LogP contribution in [0.25, 0.3) is 0 Å². The lowest BCUT2D eigenvalue weighted by Gasteiger charge is -2.10. The number of rotatable bonds is 7. The summed E-state index contributed by atoms with van der Waals surface area (Å²) in [4.78, 5) is 0.689. The molecule has 1 N–H and O–H groups in total. The molecule has 0 aromatic heterocycles. The molecule has 0 unspecified atom stereocenters. The third-order valence-electron chi connectivity index (χ3n) is 3.01. The van der Waals surface area contributed by atoms with E-state index < -0.39 is 0 Å². The smallest absolute Gasteiger partial charge is 0.120 e. The van der Waals surface area contributed by atoms with Crippen molar-refractivity contribution in [2.45, 2.75) is 6.61 Å². The Morgan fingerprint density at radius 2 is 1.95 bits per heavy atom. The normalized spacial score (nSPS) is 10.3. The lowest BCUT2D eigenvalue weighted by atomic mass is 10.2. The monoisotopic (exact) mass is 335 g/mol. The van der Waals surface area contributed by atoms with Crippen LogP contribution in [0.4, 0.5) is 0 Å². The topological polar surface area (TPSA) is 30.5 Å². The highest BCUT2D eigenvalue weighted by Crippen LogP contribution is 2.16. The number of hydrogen-bond donors (Lipinski definition) is 1. The van der Waals surface area contributed by atoms with E-state index in [2.05, 4.69) is 5.32 Å². The van der Waals surface area contributed by atoms with Crippen LogP contribution >= 0.6 is 23.8 Å². The van der Waals surface area contributed by atoms with Gasteiger partial charge in [-0.1, -0.05) is 48.1 Å². The van der Waals surface area contributed by atoms with Crippen LogP contribution in [0.2, 0.25) is 5.02 Å². The zero-order chi connectivity index (χ0) is 15.8. The number of methoxy groups -OCH3 is 1. The Morgan fingerprint density at radius 3 is 2.68 bits per heavy atom. The van der Waals surface area contributed by atoms with Gasteiger partial charge in [0.25, 0.3) is 0 Å². The highest BCUT2D eigenvalue weighted by atomic mass is 35.5. The van der Waals surface area contributed by atoms with E-state index in [1.807, 2.05) is 48.5 Å². The summed E-state index contributed by atoms with van der Waals surface area (Å²) in [6, 6.07) is 15.3. The molecule has 0 spiro atoms. The molecule has 2 aromatic carbocycles. The summed E-state index contributed by atoms with van der Waals surface area (Å²) in [7, 11) is 1.66. The van der Waals surface area contributed by atoms with Crippen LogP contribution < -0.4 is 10.1 Å². The highest BCUT2D eigenvalue weighted by molar-refractivity contribution is 7.80. The number of thiocarbonyl (C=S) groups is 1. The number of halogens is 1. The van der Waals surface area contributed by atoms with E-state index in [1.54, 1.807) is 7.11 Å². The number of benzene rings is 2. The summed E-state index contributed by atoms with van der Waals surface area (Å²) in [6.07, 6.45) is 0. The van der Waals surface area contributed by atoms with Crippen LogP contribution in [-0.4, -0.2) is 25.2 Å². The van der Waals surface area contributed by atoms with Crippen LogP contribution in [0.15, 0.2) is 48.5 Å². The molecule has 0 radical (unpaired) electrons. The summed E-state index contributed by atoms with van der Waals surface area (Å²) in [5, 5.41) is 3.86. The van der Waals surface area contributed by atoms with Gasteiger partial charge >= 0.3 is 0 Å². The van der Waals surface area contributed by atoms with E-state index in [0.29, 0.717) is 24.7 Å². The second-order valence-electron chi connectivity index (χ2n) is 4.69. The first-order valence-electron chi connectivity index (χ1n) is 6.93. The molecule has 116 valence electrons. The molecular weight excluding hydrogens is 318 g/mol. The van der Waals surface area contributed by atoms with E-state index in [-0.39, 0.29) is 0 Å². The number of ether oxygens (including phenoxy) is 2. The van der Waals surface area contributed by atoms with Gasteiger partial charge in [0, 0.05) is 24.2 Å². The van der Waals surface area contributed by atoms with Gasteiger partial charge in [-0.2, -0.15) is 0 Å².